The zero-order chi connectivity index (χ0) is 18.9. The molecule has 2 aromatic carbocycles. The summed E-state index contributed by atoms with van der Waals surface area (Å²) in [5, 5.41) is 2.58. The van der Waals surface area contributed by atoms with E-state index in [1.807, 2.05) is 25.1 Å². The average molecular weight is 362 g/mol. The van der Waals surface area contributed by atoms with Crippen molar-refractivity contribution in [2.24, 2.45) is 5.92 Å². The second kappa shape index (κ2) is 6.82. The van der Waals surface area contributed by atoms with Crippen LogP contribution in [0.3, 0.4) is 0 Å². The van der Waals surface area contributed by atoms with Crippen molar-refractivity contribution < 1.29 is 22.8 Å². The lowest BCUT2D eigenvalue weighted by Gasteiger charge is -2.17. The lowest BCUT2D eigenvalue weighted by atomic mass is 10.1. The van der Waals surface area contributed by atoms with Crippen molar-refractivity contribution >= 4 is 23.2 Å². The second-order valence-corrected chi connectivity index (χ2v) is 6.31. The molecule has 0 radical (unpaired) electrons. The van der Waals surface area contributed by atoms with Crippen LogP contribution in [-0.2, 0) is 15.8 Å². The van der Waals surface area contributed by atoms with Crippen molar-refractivity contribution in [2.75, 3.05) is 16.8 Å². The molecule has 1 fully saturated rings. The normalized spacial score (nSPS) is 17.5. The molecule has 26 heavy (non-hydrogen) atoms. The number of carbonyl (C=O) groups is 2. The van der Waals surface area contributed by atoms with Gasteiger partial charge in [-0.05, 0) is 48.9 Å². The van der Waals surface area contributed by atoms with Crippen LogP contribution in [0.2, 0.25) is 0 Å². The van der Waals surface area contributed by atoms with Gasteiger partial charge in [-0.2, -0.15) is 13.2 Å². The summed E-state index contributed by atoms with van der Waals surface area (Å²) in [5.74, 6) is -1.08. The number of nitrogens with one attached hydrogen (secondary N) is 1. The molecule has 1 atom stereocenters. The van der Waals surface area contributed by atoms with E-state index in [9.17, 15) is 22.8 Å². The Balaban J connectivity index is 1.67. The molecule has 7 heteroatoms. The fourth-order valence-corrected chi connectivity index (χ4v) is 2.92. The number of hydrogen-bond donors (Lipinski definition) is 1. The summed E-state index contributed by atoms with van der Waals surface area (Å²) < 4.78 is 37.7. The molecule has 0 bridgehead atoms. The maximum absolute atomic E-state index is 12.6. The van der Waals surface area contributed by atoms with Crippen LogP contribution < -0.4 is 10.2 Å². The minimum atomic E-state index is -4.42. The molecule has 3 rings (SSSR count). The summed E-state index contributed by atoms with van der Waals surface area (Å²) >= 11 is 0. The van der Waals surface area contributed by atoms with Gasteiger partial charge >= 0.3 is 6.18 Å². The summed E-state index contributed by atoms with van der Waals surface area (Å²) in [6.45, 7) is 2.16. The third-order valence-electron chi connectivity index (χ3n) is 4.29. The zero-order valence-electron chi connectivity index (χ0n) is 14.0. The van der Waals surface area contributed by atoms with Gasteiger partial charge in [0.15, 0.2) is 0 Å². The number of carbonyl (C=O) groups excluding carboxylic acids is 2. The first-order chi connectivity index (χ1) is 12.2. The Labute approximate surface area is 148 Å². The second-order valence-electron chi connectivity index (χ2n) is 6.31. The first-order valence-electron chi connectivity index (χ1n) is 8.09. The van der Waals surface area contributed by atoms with Gasteiger partial charge in [-0.3, -0.25) is 9.59 Å². The summed E-state index contributed by atoms with van der Waals surface area (Å²) in [7, 11) is 0. The highest BCUT2D eigenvalue weighted by Crippen LogP contribution is 2.30. The first kappa shape index (κ1) is 18.0. The van der Waals surface area contributed by atoms with Gasteiger partial charge in [0.1, 0.15) is 0 Å². The summed E-state index contributed by atoms with van der Waals surface area (Å²) in [5.41, 5.74) is 1.23. The van der Waals surface area contributed by atoms with Crippen molar-refractivity contribution in [1.82, 2.24) is 0 Å². The Morgan fingerprint density at radius 2 is 1.85 bits per heavy atom. The van der Waals surface area contributed by atoms with E-state index >= 15 is 0 Å². The fourth-order valence-electron chi connectivity index (χ4n) is 2.92. The van der Waals surface area contributed by atoms with Gasteiger partial charge in [-0.25, -0.2) is 0 Å². The third kappa shape index (κ3) is 3.87. The fraction of sp³-hybridized carbons (Fsp3) is 0.263. The molecule has 0 spiro atoms. The van der Waals surface area contributed by atoms with E-state index in [2.05, 4.69) is 5.32 Å². The van der Waals surface area contributed by atoms with Gasteiger partial charge < -0.3 is 10.2 Å². The first-order valence-corrected chi connectivity index (χ1v) is 8.09. The van der Waals surface area contributed by atoms with Crippen molar-refractivity contribution in [2.45, 2.75) is 19.5 Å². The van der Waals surface area contributed by atoms with E-state index < -0.39 is 17.7 Å². The molecule has 0 aromatic heterocycles. The van der Waals surface area contributed by atoms with Gasteiger partial charge in [0.25, 0.3) is 0 Å². The molecule has 1 aliphatic rings. The molecular formula is C19H17F3N2O2. The predicted octanol–water partition coefficient (Wildman–Crippen LogP) is 4.01. The van der Waals surface area contributed by atoms with E-state index in [1.54, 1.807) is 11.0 Å². The van der Waals surface area contributed by atoms with Gasteiger partial charge in [0.05, 0.1) is 11.5 Å². The van der Waals surface area contributed by atoms with Crippen LogP contribution in [0.4, 0.5) is 24.5 Å². The highest BCUT2D eigenvalue weighted by molar-refractivity contribution is 6.03. The average Bonchev–Trinajstić information content (AvgIpc) is 2.96. The van der Waals surface area contributed by atoms with Gasteiger partial charge in [0.2, 0.25) is 11.8 Å². The lowest BCUT2D eigenvalue weighted by molar-refractivity contribution is -0.137. The molecule has 1 unspecified atom stereocenters. The van der Waals surface area contributed by atoms with E-state index in [0.717, 1.165) is 23.4 Å². The highest BCUT2D eigenvalue weighted by Gasteiger charge is 2.35. The van der Waals surface area contributed by atoms with Crippen molar-refractivity contribution in [3.05, 3.63) is 59.7 Å². The van der Waals surface area contributed by atoms with Gasteiger partial charge in [0, 0.05) is 24.3 Å². The Morgan fingerprint density at radius 3 is 2.46 bits per heavy atom. The number of amides is 2. The maximum Gasteiger partial charge on any atom is 0.416 e. The largest absolute Gasteiger partial charge is 0.416 e. The van der Waals surface area contributed by atoms with Crippen LogP contribution in [0, 0.1) is 12.8 Å². The minimum Gasteiger partial charge on any atom is -0.326 e. The monoisotopic (exact) mass is 362 g/mol. The van der Waals surface area contributed by atoms with Crippen LogP contribution in [0.5, 0.6) is 0 Å². The topological polar surface area (TPSA) is 49.4 Å². The Bertz CT molecular complexity index is 831. The SMILES string of the molecule is Cc1cccc(N2CC(C(=O)Nc3ccc(C(F)(F)F)cc3)CC2=O)c1. The van der Waals surface area contributed by atoms with Crippen molar-refractivity contribution in [3.8, 4) is 0 Å². The zero-order valence-corrected chi connectivity index (χ0v) is 14.0. The lowest BCUT2D eigenvalue weighted by Crippen LogP contribution is -2.28. The molecule has 1 saturated heterocycles. The highest BCUT2D eigenvalue weighted by atomic mass is 19.4. The molecule has 4 nitrogen and oxygen atoms in total. The minimum absolute atomic E-state index is 0.0699. The number of alkyl halides is 3. The smallest absolute Gasteiger partial charge is 0.326 e. The Morgan fingerprint density at radius 1 is 1.15 bits per heavy atom. The summed E-state index contributed by atoms with van der Waals surface area (Å²) in [4.78, 5) is 26.2. The summed E-state index contributed by atoms with van der Waals surface area (Å²) in [6, 6.07) is 11.7. The standard InChI is InChI=1S/C19H17F3N2O2/c1-12-3-2-4-16(9-12)24-11-13(10-17(24)25)18(26)23-15-7-5-14(6-8-15)19(20,21)22/h2-9,13H,10-11H2,1H3,(H,23,26). The molecular weight excluding hydrogens is 345 g/mol. The van der Waals surface area contributed by atoms with Gasteiger partial charge in [-0.1, -0.05) is 12.1 Å². The Kier molecular flexibility index (Phi) is 4.71. The molecule has 0 saturated carbocycles. The van der Waals surface area contributed by atoms with Crippen LogP contribution in [0.25, 0.3) is 0 Å². The van der Waals surface area contributed by atoms with E-state index in [4.69, 9.17) is 0 Å². The van der Waals surface area contributed by atoms with Crippen LogP contribution in [-0.4, -0.2) is 18.4 Å². The van der Waals surface area contributed by atoms with Gasteiger partial charge in [-0.15, -0.1) is 0 Å². The van der Waals surface area contributed by atoms with E-state index in [-0.39, 0.29) is 30.5 Å². The predicted molar refractivity (Wildman–Crippen MR) is 91.7 cm³/mol. The molecule has 1 N–H and O–H groups in total. The number of nitrogens with zero attached hydrogens (tertiary/aromatic N) is 1. The third-order valence-corrected chi connectivity index (χ3v) is 4.29. The van der Waals surface area contributed by atoms with Crippen LogP contribution in [0.15, 0.2) is 48.5 Å². The van der Waals surface area contributed by atoms with Crippen molar-refractivity contribution in [3.63, 3.8) is 0 Å². The number of rotatable bonds is 3. The summed E-state index contributed by atoms with van der Waals surface area (Å²) in [6.07, 6.45) is -4.35. The number of anilines is 2. The molecule has 1 heterocycles. The number of hydrogen-bond acceptors (Lipinski definition) is 2. The molecule has 0 aliphatic carbocycles. The van der Waals surface area contributed by atoms with E-state index in [0.29, 0.717) is 0 Å². The molecule has 2 aromatic rings. The molecule has 136 valence electrons. The van der Waals surface area contributed by atoms with E-state index in [1.165, 1.54) is 12.1 Å². The van der Waals surface area contributed by atoms with Crippen LogP contribution in [0.1, 0.15) is 17.5 Å². The quantitative estimate of drug-likeness (QED) is 0.897. The molecule has 2 amide bonds. The van der Waals surface area contributed by atoms with Crippen molar-refractivity contribution in [1.29, 1.82) is 0 Å². The maximum atomic E-state index is 12.6. The van der Waals surface area contributed by atoms with Crippen LogP contribution >= 0.6 is 0 Å². The number of halogens is 3. The molecule has 1 aliphatic heterocycles. The number of benzene rings is 2. The Hall–Kier alpha value is -2.83. The number of aryl methyl sites for hydroxylation is 1.